The van der Waals surface area contributed by atoms with Crippen LogP contribution in [0.25, 0.3) is 11.1 Å². The molecule has 0 saturated heterocycles. The van der Waals surface area contributed by atoms with Crippen molar-refractivity contribution < 1.29 is 4.42 Å². The van der Waals surface area contributed by atoms with E-state index < -0.39 is 5.92 Å². The predicted octanol–water partition coefficient (Wildman–Crippen LogP) is 2.22. The summed E-state index contributed by atoms with van der Waals surface area (Å²) in [5.74, 6) is 0.316. The molecule has 88 valence electrons. The quantitative estimate of drug-likeness (QED) is 0.686. The Labute approximate surface area is 103 Å². The highest BCUT2D eigenvalue weighted by Crippen LogP contribution is 2.25. The van der Waals surface area contributed by atoms with Gasteiger partial charge in [0.2, 0.25) is 0 Å². The number of nitrogens with zero attached hydrogens (tertiary/aromatic N) is 4. The van der Waals surface area contributed by atoms with Crippen molar-refractivity contribution in [2.75, 3.05) is 0 Å². The van der Waals surface area contributed by atoms with Gasteiger partial charge < -0.3 is 8.98 Å². The minimum Gasteiger partial charge on any atom is -0.443 e. The normalized spacial score (nSPS) is 12.4. The summed E-state index contributed by atoms with van der Waals surface area (Å²) in [4.78, 5) is 8.28. The molecule has 0 amide bonds. The molecule has 1 atom stereocenters. The minimum absolute atomic E-state index is 0.403. The topological polar surface area (TPSA) is 67.6 Å². The van der Waals surface area contributed by atoms with E-state index in [1.54, 1.807) is 6.20 Å². The van der Waals surface area contributed by atoms with Gasteiger partial charge in [0.1, 0.15) is 17.3 Å². The van der Waals surface area contributed by atoms with Gasteiger partial charge in [-0.2, -0.15) is 5.26 Å². The summed E-state index contributed by atoms with van der Waals surface area (Å²) in [6.07, 6.45) is 4.91. The van der Waals surface area contributed by atoms with Crippen LogP contribution in [0.4, 0.5) is 0 Å². The predicted molar refractivity (Wildman–Crippen MR) is 64.7 cm³/mol. The summed E-state index contributed by atoms with van der Waals surface area (Å²) in [5.41, 5.74) is 2.33. The van der Waals surface area contributed by atoms with Gasteiger partial charge in [-0.3, -0.25) is 0 Å². The largest absolute Gasteiger partial charge is 0.443 e. The Morgan fingerprint density at radius 1 is 1.39 bits per heavy atom. The van der Waals surface area contributed by atoms with Crippen molar-refractivity contribution in [3.05, 3.63) is 48.4 Å². The maximum absolute atomic E-state index is 9.35. The molecule has 3 aromatic rings. The molecule has 18 heavy (non-hydrogen) atoms. The van der Waals surface area contributed by atoms with Crippen LogP contribution in [0.15, 0.2) is 41.4 Å². The van der Waals surface area contributed by atoms with Crippen molar-refractivity contribution in [1.82, 2.24) is 14.5 Å². The van der Waals surface area contributed by atoms with Crippen LogP contribution in [0.1, 0.15) is 17.3 Å². The zero-order valence-corrected chi connectivity index (χ0v) is 9.74. The molecular formula is C13H10N4O. The number of oxazole rings is 1. The average Bonchev–Trinajstić information content (AvgIpc) is 2.99. The van der Waals surface area contributed by atoms with E-state index in [1.165, 1.54) is 6.39 Å². The number of hydrogen-bond acceptors (Lipinski definition) is 4. The number of aromatic nitrogens is 3. The summed E-state index contributed by atoms with van der Waals surface area (Å²) in [7, 11) is 1.87. The first kappa shape index (κ1) is 10.5. The van der Waals surface area contributed by atoms with Crippen LogP contribution >= 0.6 is 0 Å². The number of nitriles is 1. The first-order valence-corrected chi connectivity index (χ1v) is 5.49. The molecule has 3 rings (SSSR count). The summed E-state index contributed by atoms with van der Waals surface area (Å²) in [5, 5.41) is 9.35. The highest BCUT2D eigenvalue weighted by Gasteiger charge is 2.18. The van der Waals surface area contributed by atoms with Gasteiger partial charge in [0.15, 0.2) is 12.0 Å². The van der Waals surface area contributed by atoms with Gasteiger partial charge in [-0.25, -0.2) is 9.97 Å². The smallest absolute Gasteiger partial charge is 0.181 e. The Morgan fingerprint density at radius 3 is 3.00 bits per heavy atom. The SMILES string of the molecule is Cn1ccnc1C(C#N)c1ccc2ncoc2c1. The molecule has 1 aromatic carbocycles. The first-order chi connectivity index (χ1) is 8.79. The monoisotopic (exact) mass is 238 g/mol. The molecule has 0 aliphatic heterocycles. The van der Waals surface area contributed by atoms with E-state index in [-0.39, 0.29) is 0 Å². The molecule has 0 aliphatic carbocycles. The van der Waals surface area contributed by atoms with Crippen LogP contribution < -0.4 is 0 Å². The van der Waals surface area contributed by atoms with Crippen molar-refractivity contribution in [1.29, 1.82) is 5.26 Å². The number of fused-ring (bicyclic) bond motifs is 1. The number of imidazole rings is 1. The average molecular weight is 238 g/mol. The van der Waals surface area contributed by atoms with Gasteiger partial charge in [-0.15, -0.1) is 0 Å². The van der Waals surface area contributed by atoms with Gasteiger partial charge >= 0.3 is 0 Å². The number of benzene rings is 1. The lowest BCUT2D eigenvalue weighted by atomic mass is 9.99. The molecule has 0 bridgehead atoms. The summed E-state index contributed by atoms with van der Waals surface area (Å²) in [6, 6.07) is 7.84. The lowest BCUT2D eigenvalue weighted by molar-refractivity contribution is 0.601. The Hall–Kier alpha value is -2.61. The van der Waals surface area contributed by atoms with Crippen LogP contribution in [0.3, 0.4) is 0 Å². The number of hydrogen-bond donors (Lipinski definition) is 0. The Morgan fingerprint density at radius 2 is 2.28 bits per heavy atom. The van der Waals surface area contributed by atoms with Gasteiger partial charge in [-0.1, -0.05) is 6.07 Å². The second kappa shape index (κ2) is 4.00. The van der Waals surface area contributed by atoms with Crippen LogP contribution in [-0.4, -0.2) is 14.5 Å². The Balaban J connectivity index is 2.12. The fourth-order valence-electron chi connectivity index (χ4n) is 1.99. The van der Waals surface area contributed by atoms with Crippen molar-refractivity contribution >= 4 is 11.1 Å². The van der Waals surface area contributed by atoms with Crippen molar-refractivity contribution in [2.45, 2.75) is 5.92 Å². The molecular weight excluding hydrogens is 228 g/mol. The van der Waals surface area contributed by atoms with Gasteiger partial charge in [0.05, 0.1) is 6.07 Å². The van der Waals surface area contributed by atoms with Crippen LogP contribution in [0.2, 0.25) is 0 Å². The van der Waals surface area contributed by atoms with Crippen LogP contribution in [-0.2, 0) is 7.05 Å². The number of aryl methyl sites for hydroxylation is 1. The van der Waals surface area contributed by atoms with Gasteiger partial charge in [-0.05, 0) is 17.7 Å². The standard InChI is InChI=1S/C13H10N4O/c1-17-5-4-15-13(17)10(7-14)9-2-3-11-12(6-9)18-8-16-11/h2-6,8,10H,1H3. The van der Waals surface area contributed by atoms with Crippen molar-refractivity contribution in [3.63, 3.8) is 0 Å². The molecule has 5 nitrogen and oxygen atoms in total. The number of rotatable bonds is 2. The lowest BCUT2D eigenvalue weighted by Gasteiger charge is -2.09. The summed E-state index contributed by atoms with van der Waals surface area (Å²) in [6.45, 7) is 0. The fraction of sp³-hybridized carbons (Fsp3) is 0.154. The molecule has 1 unspecified atom stereocenters. The van der Waals surface area contributed by atoms with Gasteiger partial charge in [0.25, 0.3) is 0 Å². The molecule has 0 fully saturated rings. The van der Waals surface area contributed by atoms with E-state index >= 15 is 0 Å². The first-order valence-electron chi connectivity index (χ1n) is 5.49. The van der Waals surface area contributed by atoms with Crippen LogP contribution in [0, 0.1) is 11.3 Å². The Kier molecular flexibility index (Phi) is 2.34. The third kappa shape index (κ3) is 1.55. The van der Waals surface area contributed by atoms with Crippen molar-refractivity contribution in [3.8, 4) is 6.07 Å². The zero-order valence-electron chi connectivity index (χ0n) is 9.74. The molecule has 5 heteroatoms. The fourth-order valence-corrected chi connectivity index (χ4v) is 1.99. The molecule has 0 saturated carbocycles. The van der Waals surface area contributed by atoms with E-state index in [9.17, 15) is 5.26 Å². The summed E-state index contributed by atoms with van der Waals surface area (Å²) < 4.78 is 7.10. The summed E-state index contributed by atoms with van der Waals surface area (Å²) >= 11 is 0. The Bertz CT molecular complexity index is 735. The third-order valence-electron chi connectivity index (χ3n) is 2.93. The molecule has 2 heterocycles. The zero-order chi connectivity index (χ0) is 12.5. The third-order valence-corrected chi connectivity index (χ3v) is 2.93. The van der Waals surface area contributed by atoms with E-state index in [4.69, 9.17) is 4.42 Å². The highest BCUT2D eigenvalue weighted by molar-refractivity contribution is 5.73. The molecule has 0 aliphatic rings. The molecule has 2 aromatic heterocycles. The van der Waals surface area contributed by atoms with Crippen LogP contribution in [0.5, 0.6) is 0 Å². The second-order valence-electron chi connectivity index (χ2n) is 4.04. The maximum atomic E-state index is 9.35. The van der Waals surface area contributed by atoms with Gasteiger partial charge in [0, 0.05) is 19.4 Å². The minimum atomic E-state index is -0.403. The molecule has 0 N–H and O–H groups in total. The second-order valence-corrected chi connectivity index (χ2v) is 4.04. The van der Waals surface area contributed by atoms with Crippen molar-refractivity contribution in [2.24, 2.45) is 7.05 Å². The molecule has 0 radical (unpaired) electrons. The molecule has 0 spiro atoms. The van der Waals surface area contributed by atoms with E-state index in [0.29, 0.717) is 5.58 Å². The van der Waals surface area contributed by atoms with E-state index in [1.807, 2.05) is 36.0 Å². The van der Waals surface area contributed by atoms with E-state index in [0.717, 1.165) is 16.9 Å². The lowest BCUT2D eigenvalue weighted by Crippen LogP contribution is -2.05. The highest BCUT2D eigenvalue weighted by atomic mass is 16.3. The van der Waals surface area contributed by atoms with E-state index in [2.05, 4.69) is 16.0 Å². The maximum Gasteiger partial charge on any atom is 0.181 e.